The molecule has 0 fully saturated rings. The molecule has 0 atom stereocenters. The lowest BCUT2D eigenvalue weighted by Gasteiger charge is -2.30. The summed E-state index contributed by atoms with van der Waals surface area (Å²) >= 11 is 1.56. The van der Waals surface area contributed by atoms with Gasteiger partial charge in [0.15, 0.2) is 0 Å². The fourth-order valence-electron chi connectivity index (χ4n) is 3.16. The number of nitrogens with zero attached hydrogens (tertiary/aromatic N) is 2. The number of hydrogen-bond donors (Lipinski definition) is 1. The van der Waals surface area contributed by atoms with Crippen LogP contribution in [0.2, 0.25) is 0 Å². The highest BCUT2D eigenvalue weighted by Crippen LogP contribution is 2.37. The van der Waals surface area contributed by atoms with E-state index >= 15 is 0 Å². The van der Waals surface area contributed by atoms with Gasteiger partial charge in [0.2, 0.25) is 5.91 Å². The smallest absolute Gasteiger partial charge is 0.225 e. The van der Waals surface area contributed by atoms with Crippen molar-refractivity contribution in [2.75, 3.05) is 11.9 Å². The largest absolute Gasteiger partial charge is 0.317 e. The van der Waals surface area contributed by atoms with Crippen LogP contribution in [0.15, 0.2) is 30.3 Å². The first-order chi connectivity index (χ1) is 12.1. The molecular weight excluding hydrogens is 330 g/mol. The molecule has 25 heavy (non-hydrogen) atoms. The SMILES string of the molecule is CC(C)N1CCc2c(sc(NC(=O)CCc3ccccc3)c2C#N)C1. The minimum absolute atomic E-state index is 0.0281. The lowest BCUT2D eigenvalue weighted by Crippen LogP contribution is -2.35. The number of benzene rings is 1. The molecule has 0 bridgehead atoms. The Labute approximate surface area is 153 Å². The van der Waals surface area contributed by atoms with Gasteiger partial charge in [-0.15, -0.1) is 11.3 Å². The summed E-state index contributed by atoms with van der Waals surface area (Å²) in [5.74, 6) is -0.0281. The number of rotatable bonds is 5. The van der Waals surface area contributed by atoms with E-state index in [2.05, 4.69) is 30.1 Å². The van der Waals surface area contributed by atoms with Gasteiger partial charge in [0, 0.05) is 30.4 Å². The number of fused-ring (bicyclic) bond motifs is 1. The zero-order valence-corrected chi connectivity index (χ0v) is 15.5. The molecule has 1 aromatic heterocycles. The third-order valence-corrected chi connectivity index (χ3v) is 5.80. The van der Waals surface area contributed by atoms with Crippen LogP contribution < -0.4 is 5.32 Å². The molecule has 1 amide bonds. The molecule has 2 aromatic rings. The van der Waals surface area contributed by atoms with Crippen molar-refractivity contribution in [1.82, 2.24) is 4.90 Å². The second-order valence-corrected chi connectivity index (χ2v) is 7.77. The van der Waals surface area contributed by atoms with E-state index in [0.717, 1.165) is 35.6 Å². The van der Waals surface area contributed by atoms with Crippen LogP contribution in [0.3, 0.4) is 0 Å². The Morgan fingerprint density at radius 2 is 2.12 bits per heavy atom. The van der Waals surface area contributed by atoms with Crippen molar-refractivity contribution in [2.24, 2.45) is 0 Å². The summed E-state index contributed by atoms with van der Waals surface area (Å²) in [6.07, 6.45) is 2.02. The molecule has 0 saturated heterocycles. The summed E-state index contributed by atoms with van der Waals surface area (Å²) in [5, 5.41) is 13.2. The van der Waals surface area contributed by atoms with Gasteiger partial charge in [-0.1, -0.05) is 30.3 Å². The van der Waals surface area contributed by atoms with Crippen LogP contribution in [0, 0.1) is 11.3 Å². The predicted octanol–water partition coefficient (Wildman–Crippen LogP) is 3.96. The van der Waals surface area contributed by atoms with Gasteiger partial charge in [-0.2, -0.15) is 5.26 Å². The molecule has 130 valence electrons. The molecule has 3 rings (SSSR count). The van der Waals surface area contributed by atoms with Crippen LogP contribution in [0.5, 0.6) is 0 Å². The van der Waals surface area contributed by atoms with E-state index in [1.807, 2.05) is 30.3 Å². The molecule has 0 radical (unpaired) electrons. The minimum atomic E-state index is -0.0281. The monoisotopic (exact) mass is 353 g/mol. The van der Waals surface area contributed by atoms with Gasteiger partial charge in [0.1, 0.15) is 11.1 Å². The number of aryl methyl sites for hydroxylation is 1. The first kappa shape index (κ1) is 17.7. The van der Waals surface area contributed by atoms with E-state index in [9.17, 15) is 10.1 Å². The van der Waals surface area contributed by atoms with Gasteiger partial charge in [0.05, 0.1) is 5.56 Å². The normalized spacial score (nSPS) is 14.2. The highest BCUT2D eigenvalue weighted by Gasteiger charge is 2.26. The van der Waals surface area contributed by atoms with Gasteiger partial charge in [-0.25, -0.2) is 0 Å². The summed E-state index contributed by atoms with van der Waals surface area (Å²) in [4.78, 5) is 15.9. The maximum absolute atomic E-state index is 12.3. The Kier molecular flexibility index (Phi) is 5.52. The van der Waals surface area contributed by atoms with Gasteiger partial charge in [0.25, 0.3) is 0 Å². The van der Waals surface area contributed by atoms with Gasteiger partial charge in [-0.3, -0.25) is 9.69 Å². The molecular formula is C20H23N3OS. The second kappa shape index (κ2) is 7.81. The van der Waals surface area contributed by atoms with Crippen LogP contribution in [0.1, 0.15) is 41.8 Å². The van der Waals surface area contributed by atoms with E-state index in [0.29, 0.717) is 24.4 Å². The standard InChI is InChI=1S/C20H23N3OS/c1-14(2)23-11-10-16-17(12-21)20(25-18(16)13-23)22-19(24)9-8-15-6-4-3-5-7-15/h3-7,14H,8-11,13H2,1-2H3,(H,22,24). The zero-order valence-electron chi connectivity index (χ0n) is 14.7. The Morgan fingerprint density at radius 3 is 2.80 bits per heavy atom. The molecule has 0 aliphatic carbocycles. The van der Waals surface area contributed by atoms with E-state index in [1.165, 1.54) is 4.88 Å². The lowest BCUT2D eigenvalue weighted by molar-refractivity contribution is -0.116. The summed E-state index contributed by atoms with van der Waals surface area (Å²) in [5.41, 5.74) is 2.94. The van der Waals surface area contributed by atoms with Crippen molar-refractivity contribution in [3.63, 3.8) is 0 Å². The maximum atomic E-state index is 12.3. The van der Waals surface area contributed by atoms with Gasteiger partial charge < -0.3 is 5.32 Å². The molecule has 1 aliphatic rings. The van der Waals surface area contributed by atoms with E-state index < -0.39 is 0 Å². The molecule has 0 unspecified atom stereocenters. The van der Waals surface area contributed by atoms with Crippen LogP contribution in [0.4, 0.5) is 5.00 Å². The third-order valence-electron chi connectivity index (χ3n) is 4.67. The number of thiophene rings is 1. The molecule has 5 heteroatoms. The first-order valence-electron chi connectivity index (χ1n) is 8.71. The van der Waals surface area contributed by atoms with Crippen molar-refractivity contribution in [3.8, 4) is 6.07 Å². The number of nitriles is 1. The average Bonchev–Trinajstić information content (AvgIpc) is 2.96. The molecule has 1 N–H and O–H groups in total. The molecule has 2 heterocycles. The van der Waals surface area contributed by atoms with Crippen molar-refractivity contribution in [1.29, 1.82) is 5.26 Å². The molecule has 0 saturated carbocycles. The van der Waals surface area contributed by atoms with E-state index in [1.54, 1.807) is 11.3 Å². The Bertz CT molecular complexity index is 789. The van der Waals surface area contributed by atoms with Crippen molar-refractivity contribution >= 4 is 22.2 Å². The quantitative estimate of drug-likeness (QED) is 0.885. The summed E-state index contributed by atoms with van der Waals surface area (Å²) < 4.78 is 0. The Balaban J connectivity index is 1.68. The van der Waals surface area contributed by atoms with Crippen molar-refractivity contribution in [3.05, 3.63) is 51.9 Å². The number of amides is 1. The number of carbonyl (C=O) groups is 1. The maximum Gasteiger partial charge on any atom is 0.225 e. The summed E-state index contributed by atoms with van der Waals surface area (Å²) in [7, 11) is 0. The number of carbonyl (C=O) groups excluding carboxylic acids is 1. The topological polar surface area (TPSA) is 56.1 Å². The van der Waals surface area contributed by atoms with Crippen molar-refractivity contribution < 1.29 is 4.79 Å². The summed E-state index contributed by atoms with van der Waals surface area (Å²) in [6.45, 7) is 6.22. The molecule has 4 nitrogen and oxygen atoms in total. The molecule has 0 spiro atoms. The fraction of sp³-hybridized carbons (Fsp3) is 0.400. The van der Waals surface area contributed by atoms with Crippen LogP contribution in [-0.4, -0.2) is 23.4 Å². The van der Waals surface area contributed by atoms with E-state index in [-0.39, 0.29) is 5.91 Å². The van der Waals surface area contributed by atoms with Crippen molar-refractivity contribution in [2.45, 2.75) is 45.7 Å². The predicted molar refractivity (Wildman–Crippen MR) is 102 cm³/mol. The average molecular weight is 353 g/mol. The number of hydrogen-bond acceptors (Lipinski definition) is 4. The van der Waals surface area contributed by atoms with E-state index in [4.69, 9.17) is 0 Å². The highest BCUT2D eigenvalue weighted by molar-refractivity contribution is 7.16. The van der Waals surface area contributed by atoms with Crippen LogP contribution >= 0.6 is 11.3 Å². The molecule has 1 aliphatic heterocycles. The number of nitrogens with one attached hydrogen (secondary N) is 1. The molecule has 1 aromatic carbocycles. The van der Waals surface area contributed by atoms with Gasteiger partial charge in [-0.05, 0) is 37.8 Å². The Hall–Kier alpha value is -2.16. The second-order valence-electron chi connectivity index (χ2n) is 6.67. The fourth-order valence-corrected chi connectivity index (χ4v) is 4.40. The van der Waals surface area contributed by atoms with Gasteiger partial charge >= 0.3 is 0 Å². The minimum Gasteiger partial charge on any atom is -0.317 e. The lowest BCUT2D eigenvalue weighted by atomic mass is 10.0. The number of anilines is 1. The first-order valence-corrected chi connectivity index (χ1v) is 9.52. The van der Waals surface area contributed by atoms with Crippen LogP contribution in [0.25, 0.3) is 0 Å². The van der Waals surface area contributed by atoms with Crippen LogP contribution in [-0.2, 0) is 24.2 Å². The third kappa shape index (κ3) is 4.09. The highest BCUT2D eigenvalue weighted by atomic mass is 32.1. The zero-order chi connectivity index (χ0) is 17.8. The summed E-state index contributed by atoms with van der Waals surface area (Å²) in [6, 6.07) is 12.8. The Morgan fingerprint density at radius 1 is 1.36 bits per heavy atom.